The fourth-order valence-electron chi connectivity index (χ4n) is 0.988. The third kappa shape index (κ3) is 1.22. The summed E-state index contributed by atoms with van der Waals surface area (Å²) < 4.78 is 0. The Balaban J connectivity index is 0.000000640. The van der Waals surface area contributed by atoms with E-state index in [1.54, 1.807) is 0 Å². The molecule has 1 aliphatic heterocycles. The molecule has 0 spiro atoms. The number of amides is 1. The molecule has 1 unspecified atom stereocenters. The van der Waals surface area contributed by atoms with Crippen molar-refractivity contribution in [3.8, 4) is 0 Å². The summed E-state index contributed by atoms with van der Waals surface area (Å²) in [4.78, 5) is 10.6. The first kappa shape index (κ1) is 5.60. The van der Waals surface area contributed by atoms with Crippen LogP contribution in [0.4, 0.5) is 0 Å². The summed E-state index contributed by atoms with van der Waals surface area (Å²) in [6.07, 6.45) is 2.93. The molecule has 1 rings (SSSR count). The standard InChI is InChI=1S/C6H11NO.H2/c1-5-3-2-4-6(8)7-5;/h5H,2-4H2,1H3,(H,7,8);1H. The van der Waals surface area contributed by atoms with Gasteiger partial charge in [-0.1, -0.05) is 0 Å². The highest BCUT2D eigenvalue weighted by Gasteiger charge is 2.12. The maximum atomic E-state index is 10.6. The van der Waals surface area contributed by atoms with E-state index in [0.717, 1.165) is 19.3 Å². The summed E-state index contributed by atoms with van der Waals surface area (Å²) in [5.74, 6) is 0.212. The molecule has 1 fully saturated rings. The first-order valence-corrected chi connectivity index (χ1v) is 3.08. The smallest absolute Gasteiger partial charge is 0.220 e. The Kier molecular flexibility index (Phi) is 1.51. The average molecular weight is 115 g/mol. The Labute approximate surface area is 50.8 Å². The van der Waals surface area contributed by atoms with Crippen molar-refractivity contribution >= 4 is 5.91 Å². The molecule has 2 nitrogen and oxygen atoms in total. The van der Waals surface area contributed by atoms with Crippen LogP contribution in [-0.4, -0.2) is 11.9 Å². The highest BCUT2D eigenvalue weighted by atomic mass is 16.1. The maximum Gasteiger partial charge on any atom is 0.220 e. The number of piperidine rings is 1. The van der Waals surface area contributed by atoms with Gasteiger partial charge in [0, 0.05) is 13.9 Å². The van der Waals surface area contributed by atoms with Crippen LogP contribution in [0.1, 0.15) is 27.6 Å². The Morgan fingerprint density at radius 3 is 3.00 bits per heavy atom. The van der Waals surface area contributed by atoms with Crippen LogP contribution in [-0.2, 0) is 4.79 Å². The van der Waals surface area contributed by atoms with E-state index in [-0.39, 0.29) is 7.33 Å². The number of carbonyl (C=O) groups is 1. The van der Waals surface area contributed by atoms with Gasteiger partial charge in [0.05, 0.1) is 0 Å². The zero-order chi connectivity index (χ0) is 5.98. The van der Waals surface area contributed by atoms with Crippen LogP contribution < -0.4 is 5.32 Å². The molecule has 1 saturated heterocycles. The predicted octanol–water partition coefficient (Wildman–Crippen LogP) is 0.921. The van der Waals surface area contributed by atoms with Crippen molar-refractivity contribution in [2.45, 2.75) is 32.2 Å². The molecule has 0 saturated carbocycles. The van der Waals surface area contributed by atoms with Gasteiger partial charge in [0.2, 0.25) is 5.91 Å². The SMILES string of the molecule is CC1CCCC(=O)N1.[HH]. The van der Waals surface area contributed by atoms with E-state index in [1.165, 1.54) is 0 Å². The number of nitrogens with one attached hydrogen (secondary N) is 1. The molecule has 0 aliphatic carbocycles. The van der Waals surface area contributed by atoms with E-state index in [0.29, 0.717) is 6.04 Å². The Hall–Kier alpha value is -0.530. The highest BCUT2D eigenvalue weighted by Crippen LogP contribution is 2.05. The van der Waals surface area contributed by atoms with Crippen LogP contribution in [0.2, 0.25) is 0 Å². The summed E-state index contributed by atoms with van der Waals surface area (Å²) in [7, 11) is 0. The van der Waals surface area contributed by atoms with Crippen molar-refractivity contribution in [2.75, 3.05) is 0 Å². The molecule has 0 radical (unpaired) electrons. The molecular formula is C6H13NO. The molecule has 1 atom stereocenters. The van der Waals surface area contributed by atoms with E-state index < -0.39 is 0 Å². The van der Waals surface area contributed by atoms with Crippen molar-refractivity contribution in [1.82, 2.24) is 5.32 Å². The van der Waals surface area contributed by atoms with Crippen LogP contribution in [0.25, 0.3) is 0 Å². The summed E-state index contributed by atoms with van der Waals surface area (Å²) in [6.45, 7) is 2.04. The third-order valence-electron chi connectivity index (χ3n) is 1.45. The molecule has 1 N–H and O–H groups in total. The Morgan fingerprint density at radius 1 is 1.88 bits per heavy atom. The van der Waals surface area contributed by atoms with Crippen molar-refractivity contribution in [2.24, 2.45) is 0 Å². The monoisotopic (exact) mass is 115 g/mol. The van der Waals surface area contributed by atoms with Crippen LogP contribution in [0, 0.1) is 0 Å². The lowest BCUT2D eigenvalue weighted by Crippen LogP contribution is -2.36. The van der Waals surface area contributed by atoms with E-state index in [4.69, 9.17) is 0 Å². The molecule has 1 amide bonds. The fraction of sp³-hybridized carbons (Fsp3) is 0.833. The molecule has 0 aromatic rings. The van der Waals surface area contributed by atoms with Gasteiger partial charge in [0.25, 0.3) is 0 Å². The van der Waals surface area contributed by atoms with E-state index >= 15 is 0 Å². The summed E-state index contributed by atoms with van der Waals surface area (Å²) >= 11 is 0. The molecule has 0 aromatic heterocycles. The number of hydrogen-bond donors (Lipinski definition) is 1. The third-order valence-corrected chi connectivity index (χ3v) is 1.45. The zero-order valence-electron chi connectivity index (χ0n) is 5.11. The van der Waals surface area contributed by atoms with Crippen LogP contribution in [0.3, 0.4) is 0 Å². The van der Waals surface area contributed by atoms with Gasteiger partial charge < -0.3 is 5.32 Å². The second-order valence-electron chi connectivity index (χ2n) is 2.36. The summed E-state index contributed by atoms with van der Waals surface area (Å²) in [5.41, 5.74) is 0. The van der Waals surface area contributed by atoms with Gasteiger partial charge in [-0.05, 0) is 19.8 Å². The second kappa shape index (κ2) is 2.16. The van der Waals surface area contributed by atoms with E-state index in [1.807, 2.05) is 6.92 Å². The first-order chi connectivity index (χ1) is 3.79. The lowest BCUT2D eigenvalue weighted by Gasteiger charge is -2.18. The first-order valence-electron chi connectivity index (χ1n) is 3.08. The van der Waals surface area contributed by atoms with Gasteiger partial charge in [-0.25, -0.2) is 0 Å². The molecule has 8 heavy (non-hydrogen) atoms. The number of rotatable bonds is 0. The number of carbonyl (C=O) groups excluding carboxylic acids is 1. The van der Waals surface area contributed by atoms with Crippen LogP contribution in [0.5, 0.6) is 0 Å². The Morgan fingerprint density at radius 2 is 2.62 bits per heavy atom. The molecule has 1 heterocycles. The van der Waals surface area contributed by atoms with E-state index in [9.17, 15) is 4.79 Å². The molecular weight excluding hydrogens is 102 g/mol. The van der Waals surface area contributed by atoms with Crippen molar-refractivity contribution in [3.05, 3.63) is 0 Å². The molecule has 0 aromatic carbocycles. The molecule has 1 aliphatic rings. The molecule has 48 valence electrons. The summed E-state index contributed by atoms with van der Waals surface area (Å²) in [5, 5.41) is 2.84. The molecule has 2 heteroatoms. The lowest BCUT2D eigenvalue weighted by molar-refractivity contribution is -0.123. The minimum absolute atomic E-state index is 0. The van der Waals surface area contributed by atoms with Crippen molar-refractivity contribution in [1.29, 1.82) is 0 Å². The normalized spacial score (nSPS) is 29.6. The van der Waals surface area contributed by atoms with Crippen LogP contribution >= 0.6 is 0 Å². The topological polar surface area (TPSA) is 29.1 Å². The summed E-state index contributed by atoms with van der Waals surface area (Å²) in [6, 6.07) is 0.413. The fourth-order valence-corrected chi connectivity index (χ4v) is 0.988. The Bertz CT molecular complexity index is 105. The quantitative estimate of drug-likeness (QED) is 0.499. The molecule has 0 bridgehead atoms. The zero-order valence-corrected chi connectivity index (χ0v) is 5.11. The van der Waals surface area contributed by atoms with Gasteiger partial charge in [-0.15, -0.1) is 0 Å². The van der Waals surface area contributed by atoms with Crippen molar-refractivity contribution in [3.63, 3.8) is 0 Å². The van der Waals surface area contributed by atoms with Gasteiger partial charge in [-0.2, -0.15) is 0 Å². The van der Waals surface area contributed by atoms with Gasteiger partial charge >= 0.3 is 0 Å². The average Bonchev–Trinajstić information content (AvgIpc) is 1.64. The van der Waals surface area contributed by atoms with Crippen LogP contribution in [0.15, 0.2) is 0 Å². The maximum absolute atomic E-state index is 10.6. The van der Waals surface area contributed by atoms with Gasteiger partial charge in [0.1, 0.15) is 0 Å². The predicted molar refractivity (Wildman–Crippen MR) is 33.6 cm³/mol. The van der Waals surface area contributed by atoms with Crippen molar-refractivity contribution < 1.29 is 6.22 Å². The van der Waals surface area contributed by atoms with E-state index in [2.05, 4.69) is 5.32 Å². The lowest BCUT2D eigenvalue weighted by atomic mass is 10.1. The highest BCUT2D eigenvalue weighted by molar-refractivity contribution is 5.76. The minimum Gasteiger partial charge on any atom is -0.354 e. The largest absolute Gasteiger partial charge is 0.354 e. The number of hydrogen-bond acceptors (Lipinski definition) is 1. The second-order valence-corrected chi connectivity index (χ2v) is 2.36. The minimum atomic E-state index is 0. The van der Waals surface area contributed by atoms with Gasteiger partial charge in [-0.3, -0.25) is 4.79 Å². The van der Waals surface area contributed by atoms with Gasteiger partial charge in [0.15, 0.2) is 0 Å².